The van der Waals surface area contributed by atoms with E-state index in [1.165, 1.54) is 44.4 Å². The van der Waals surface area contributed by atoms with Crippen molar-refractivity contribution in [3.8, 4) is 11.3 Å². The summed E-state index contributed by atoms with van der Waals surface area (Å²) in [6, 6.07) is 13.7. The van der Waals surface area contributed by atoms with E-state index < -0.39 is 0 Å². The summed E-state index contributed by atoms with van der Waals surface area (Å²) in [5, 5.41) is 1.36. The Morgan fingerprint density at radius 1 is 0.923 bits per heavy atom. The maximum Gasteiger partial charge on any atom is 0.0497 e. The maximum absolute atomic E-state index is 5.74. The molecule has 0 atom stereocenters. The highest BCUT2D eigenvalue weighted by atomic mass is 14.7. The molecule has 2 aromatic carbocycles. The third-order valence-corrected chi connectivity index (χ3v) is 5.16. The van der Waals surface area contributed by atoms with Gasteiger partial charge in [0.1, 0.15) is 0 Å². The Labute approximate surface area is 157 Å². The van der Waals surface area contributed by atoms with Crippen molar-refractivity contribution in [2.75, 3.05) is 6.54 Å². The van der Waals surface area contributed by atoms with Gasteiger partial charge in [0, 0.05) is 16.6 Å². The molecule has 0 aliphatic heterocycles. The normalized spacial score (nSPS) is 12.1. The third kappa shape index (κ3) is 3.86. The van der Waals surface area contributed by atoms with Gasteiger partial charge in [0.15, 0.2) is 0 Å². The van der Waals surface area contributed by atoms with Gasteiger partial charge in [-0.3, -0.25) is 0 Å². The highest BCUT2D eigenvalue weighted by molar-refractivity contribution is 5.91. The molecule has 0 radical (unpaired) electrons. The van der Waals surface area contributed by atoms with Crippen LogP contribution < -0.4 is 5.73 Å². The number of H-pyrrole nitrogens is 1. The number of hydrogen-bond acceptors (Lipinski definition) is 1. The smallest absolute Gasteiger partial charge is 0.0497 e. The zero-order valence-electron chi connectivity index (χ0n) is 16.9. The zero-order valence-corrected chi connectivity index (χ0v) is 16.9. The summed E-state index contributed by atoms with van der Waals surface area (Å²) in [6.07, 6.45) is 3.26. The predicted octanol–water partition coefficient (Wildman–Crippen LogP) is 6.03. The Bertz CT molecular complexity index is 890. The molecule has 0 aliphatic carbocycles. The van der Waals surface area contributed by atoms with Crippen LogP contribution in [0.5, 0.6) is 0 Å². The van der Waals surface area contributed by atoms with Crippen LogP contribution in [0.3, 0.4) is 0 Å². The summed E-state index contributed by atoms with van der Waals surface area (Å²) in [5.74, 6) is 0. The first-order chi connectivity index (χ1) is 12.3. The Morgan fingerprint density at radius 3 is 2.23 bits per heavy atom. The number of rotatable bonds is 5. The highest BCUT2D eigenvalue weighted by Crippen LogP contribution is 2.35. The molecule has 0 fully saturated rings. The number of aromatic amines is 1. The van der Waals surface area contributed by atoms with Gasteiger partial charge in [-0.1, -0.05) is 44.0 Å². The van der Waals surface area contributed by atoms with Crippen LogP contribution in [0, 0.1) is 13.8 Å². The van der Waals surface area contributed by atoms with Gasteiger partial charge < -0.3 is 10.7 Å². The fourth-order valence-corrected chi connectivity index (χ4v) is 3.79. The highest BCUT2D eigenvalue weighted by Gasteiger charge is 2.18. The van der Waals surface area contributed by atoms with Crippen LogP contribution in [-0.4, -0.2) is 11.5 Å². The van der Waals surface area contributed by atoms with Crippen molar-refractivity contribution in [3.63, 3.8) is 0 Å². The molecule has 138 valence electrons. The van der Waals surface area contributed by atoms with Crippen LogP contribution in [-0.2, 0) is 11.8 Å². The van der Waals surface area contributed by atoms with Crippen molar-refractivity contribution in [2.24, 2.45) is 5.73 Å². The predicted molar refractivity (Wildman–Crippen MR) is 114 cm³/mol. The Hall–Kier alpha value is -2.06. The van der Waals surface area contributed by atoms with Gasteiger partial charge >= 0.3 is 0 Å². The second-order valence-electron chi connectivity index (χ2n) is 8.61. The molecule has 0 unspecified atom stereocenters. The van der Waals surface area contributed by atoms with Gasteiger partial charge in [0.05, 0.1) is 0 Å². The minimum Gasteiger partial charge on any atom is -0.354 e. The number of aryl methyl sites for hydroxylation is 3. The molecule has 1 aromatic heterocycles. The van der Waals surface area contributed by atoms with E-state index in [0.29, 0.717) is 0 Å². The summed E-state index contributed by atoms with van der Waals surface area (Å²) >= 11 is 0. The molecule has 0 spiro atoms. The fraction of sp³-hybridized carbons (Fsp3) is 0.417. The molecular formula is C24H32N2. The number of unbranched alkanes of at least 4 members (excludes halogenated alkanes) is 1. The second-order valence-corrected chi connectivity index (χ2v) is 8.61. The van der Waals surface area contributed by atoms with Crippen molar-refractivity contribution in [1.29, 1.82) is 0 Å². The average molecular weight is 349 g/mol. The van der Waals surface area contributed by atoms with E-state index in [1.807, 2.05) is 0 Å². The number of aromatic nitrogens is 1. The van der Waals surface area contributed by atoms with Crippen molar-refractivity contribution >= 4 is 10.9 Å². The molecular weight excluding hydrogens is 316 g/mol. The Kier molecular flexibility index (Phi) is 5.24. The largest absolute Gasteiger partial charge is 0.354 e. The van der Waals surface area contributed by atoms with E-state index in [0.717, 1.165) is 25.8 Å². The minimum absolute atomic E-state index is 0.153. The van der Waals surface area contributed by atoms with Crippen LogP contribution in [0.1, 0.15) is 55.9 Å². The van der Waals surface area contributed by atoms with Gasteiger partial charge in [-0.15, -0.1) is 0 Å². The zero-order chi connectivity index (χ0) is 18.9. The molecule has 0 bridgehead atoms. The summed E-state index contributed by atoms with van der Waals surface area (Å²) in [6.45, 7) is 11.9. The van der Waals surface area contributed by atoms with Crippen molar-refractivity contribution in [2.45, 2.75) is 59.3 Å². The van der Waals surface area contributed by atoms with Gasteiger partial charge in [-0.05, 0) is 86.0 Å². The molecule has 2 nitrogen and oxygen atoms in total. The monoisotopic (exact) mass is 348 g/mol. The lowest BCUT2D eigenvalue weighted by Crippen LogP contribution is -2.10. The topological polar surface area (TPSA) is 41.8 Å². The van der Waals surface area contributed by atoms with Crippen molar-refractivity contribution < 1.29 is 0 Å². The number of fused-ring (bicyclic) bond motifs is 1. The van der Waals surface area contributed by atoms with Crippen LogP contribution in [0.25, 0.3) is 22.2 Å². The van der Waals surface area contributed by atoms with Gasteiger partial charge in [0.25, 0.3) is 0 Å². The lowest BCUT2D eigenvalue weighted by atomic mass is 9.86. The van der Waals surface area contributed by atoms with Crippen LogP contribution in [0.15, 0.2) is 36.4 Å². The minimum atomic E-state index is 0.153. The van der Waals surface area contributed by atoms with Crippen LogP contribution in [0.2, 0.25) is 0 Å². The van der Waals surface area contributed by atoms with Crippen LogP contribution >= 0.6 is 0 Å². The molecule has 0 saturated heterocycles. The molecule has 2 heteroatoms. The van der Waals surface area contributed by atoms with E-state index in [2.05, 4.69) is 76.0 Å². The number of nitrogens with one attached hydrogen (secondary N) is 1. The average Bonchev–Trinajstić information content (AvgIpc) is 2.91. The van der Waals surface area contributed by atoms with Crippen molar-refractivity contribution in [3.05, 3.63) is 58.7 Å². The standard InChI is InChI=1S/C24H32N2/c1-16-12-17(2)14-18(13-16)23-20(8-6-7-11-25)21-15-19(24(3,4)5)9-10-22(21)26-23/h9-10,12-15,26H,6-8,11,25H2,1-5H3. The molecule has 0 saturated carbocycles. The first-order valence-corrected chi connectivity index (χ1v) is 9.73. The summed E-state index contributed by atoms with van der Waals surface area (Å²) in [7, 11) is 0. The molecule has 0 aliphatic rings. The van der Waals surface area contributed by atoms with Gasteiger partial charge in [-0.2, -0.15) is 0 Å². The first-order valence-electron chi connectivity index (χ1n) is 9.73. The molecule has 1 heterocycles. The molecule has 26 heavy (non-hydrogen) atoms. The van der Waals surface area contributed by atoms with E-state index in [-0.39, 0.29) is 5.41 Å². The summed E-state index contributed by atoms with van der Waals surface area (Å²) < 4.78 is 0. The number of hydrogen-bond donors (Lipinski definition) is 2. The number of benzene rings is 2. The molecule has 0 amide bonds. The van der Waals surface area contributed by atoms with E-state index in [9.17, 15) is 0 Å². The molecule has 3 aromatic rings. The van der Waals surface area contributed by atoms with Crippen molar-refractivity contribution in [1.82, 2.24) is 4.98 Å². The first kappa shape index (κ1) is 18.7. The maximum atomic E-state index is 5.74. The summed E-state index contributed by atoms with van der Waals surface area (Å²) in [4.78, 5) is 3.71. The number of nitrogens with two attached hydrogens (primary N) is 1. The Morgan fingerprint density at radius 2 is 1.62 bits per heavy atom. The van der Waals surface area contributed by atoms with E-state index in [1.54, 1.807) is 0 Å². The Balaban J connectivity index is 2.19. The van der Waals surface area contributed by atoms with Crippen LogP contribution in [0.4, 0.5) is 0 Å². The van der Waals surface area contributed by atoms with E-state index >= 15 is 0 Å². The molecule has 3 rings (SSSR count). The van der Waals surface area contributed by atoms with Gasteiger partial charge in [0.2, 0.25) is 0 Å². The lowest BCUT2D eigenvalue weighted by Gasteiger charge is -2.19. The quantitative estimate of drug-likeness (QED) is 0.543. The van der Waals surface area contributed by atoms with Gasteiger partial charge in [-0.25, -0.2) is 0 Å². The molecule has 3 N–H and O–H groups in total. The second kappa shape index (κ2) is 7.28. The lowest BCUT2D eigenvalue weighted by molar-refractivity contribution is 0.591. The SMILES string of the molecule is Cc1cc(C)cc(-c2[nH]c3ccc(C(C)(C)C)cc3c2CCCCN)c1. The van der Waals surface area contributed by atoms with E-state index in [4.69, 9.17) is 5.73 Å². The fourth-order valence-electron chi connectivity index (χ4n) is 3.79. The third-order valence-electron chi connectivity index (χ3n) is 5.16. The summed E-state index contributed by atoms with van der Waals surface area (Å²) in [5.41, 5.74) is 15.1.